The van der Waals surface area contributed by atoms with Crippen LogP contribution in [0.1, 0.15) is 35.3 Å². The summed E-state index contributed by atoms with van der Waals surface area (Å²) in [6.45, 7) is 0. The van der Waals surface area contributed by atoms with Crippen molar-refractivity contribution in [1.29, 1.82) is 0 Å². The predicted molar refractivity (Wildman–Crippen MR) is 60.2 cm³/mol. The van der Waals surface area contributed by atoms with E-state index < -0.39 is 0 Å². The normalized spacial score (nSPS) is 28.1. The molecule has 2 aliphatic rings. The first-order chi connectivity index (χ1) is 7.75. The second-order valence-corrected chi connectivity index (χ2v) is 4.40. The van der Waals surface area contributed by atoms with E-state index in [0.29, 0.717) is 0 Å². The second-order valence-electron chi connectivity index (χ2n) is 4.40. The fourth-order valence-electron chi connectivity index (χ4n) is 2.40. The molecule has 0 spiro atoms. The van der Waals surface area contributed by atoms with Gasteiger partial charge in [0.1, 0.15) is 0 Å². The zero-order valence-corrected chi connectivity index (χ0v) is 9.22. The Hall–Kier alpha value is -1.46. The number of hydrogen-bond donors (Lipinski definition) is 2. The number of nitrogens with one attached hydrogen (secondary N) is 1. The zero-order valence-electron chi connectivity index (χ0n) is 9.22. The summed E-state index contributed by atoms with van der Waals surface area (Å²) in [7, 11) is 1.93. The van der Waals surface area contributed by atoms with Crippen LogP contribution < -0.4 is 11.3 Å². The lowest BCUT2D eigenvalue weighted by Crippen LogP contribution is -2.27. The first kappa shape index (κ1) is 9.74. The van der Waals surface area contributed by atoms with Gasteiger partial charge < -0.3 is 5.73 Å². The molecule has 84 valence electrons. The van der Waals surface area contributed by atoms with E-state index in [1.807, 2.05) is 12.1 Å². The highest BCUT2D eigenvalue weighted by molar-refractivity contribution is 5.38. The maximum atomic E-state index is 6.01. The third kappa shape index (κ3) is 1.40. The summed E-state index contributed by atoms with van der Waals surface area (Å²) in [5.74, 6) is 0. The Kier molecular flexibility index (Phi) is 2.15. The molecule has 1 aromatic carbocycles. The van der Waals surface area contributed by atoms with Crippen LogP contribution in [0.2, 0.25) is 0 Å². The lowest BCUT2D eigenvalue weighted by atomic mass is 10.0. The van der Waals surface area contributed by atoms with Gasteiger partial charge in [-0.15, -0.1) is 5.11 Å². The molecule has 1 unspecified atom stereocenters. The van der Waals surface area contributed by atoms with Crippen molar-refractivity contribution < 1.29 is 0 Å². The van der Waals surface area contributed by atoms with Crippen LogP contribution >= 0.6 is 0 Å². The summed E-state index contributed by atoms with van der Waals surface area (Å²) in [5, 5.41) is 9.83. The van der Waals surface area contributed by atoms with E-state index in [1.165, 1.54) is 16.7 Å². The molecule has 1 heterocycles. The van der Waals surface area contributed by atoms with Crippen LogP contribution in [0.5, 0.6) is 0 Å². The minimum absolute atomic E-state index is 0.0119. The first-order valence-electron chi connectivity index (χ1n) is 5.52. The molecule has 3 N–H and O–H groups in total. The first-order valence-corrected chi connectivity index (χ1v) is 5.52. The Morgan fingerprint density at radius 1 is 1.50 bits per heavy atom. The van der Waals surface area contributed by atoms with Gasteiger partial charge in [-0.3, -0.25) is 0 Å². The van der Waals surface area contributed by atoms with Crippen molar-refractivity contribution in [1.82, 2.24) is 10.5 Å². The monoisotopic (exact) mass is 217 g/mol. The molecule has 1 aromatic rings. The highest BCUT2D eigenvalue weighted by atomic mass is 15.8. The minimum atomic E-state index is -0.0119. The maximum absolute atomic E-state index is 6.01. The maximum Gasteiger partial charge on any atom is 0.168 e. The lowest BCUT2D eigenvalue weighted by Gasteiger charge is -2.16. The van der Waals surface area contributed by atoms with Crippen LogP contribution in [0.4, 0.5) is 0 Å². The zero-order chi connectivity index (χ0) is 11.1. The van der Waals surface area contributed by atoms with E-state index in [4.69, 9.17) is 5.73 Å². The van der Waals surface area contributed by atoms with Crippen LogP contribution in [-0.2, 0) is 6.42 Å². The molecule has 16 heavy (non-hydrogen) atoms. The molecule has 3 rings (SSSR count). The van der Waals surface area contributed by atoms with E-state index in [9.17, 15) is 0 Å². The predicted octanol–water partition coefficient (Wildman–Crippen LogP) is 1.45. The molecule has 1 aliphatic carbocycles. The van der Waals surface area contributed by atoms with E-state index in [-0.39, 0.29) is 12.2 Å². The minimum Gasteiger partial charge on any atom is -0.324 e. The summed E-state index contributed by atoms with van der Waals surface area (Å²) < 4.78 is 0. The molecule has 5 heteroatoms. The van der Waals surface area contributed by atoms with Crippen molar-refractivity contribution >= 4 is 0 Å². The smallest absolute Gasteiger partial charge is 0.168 e. The third-order valence-electron chi connectivity index (χ3n) is 3.33. The fraction of sp³-hybridized carbons (Fsp3) is 0.455. The molecule has 1 aliphatic heterocycles. The van der Waals surface area contributed by atoms with Crippen molar-refractivity contribution in [3.8, 4) is 0 Å². The average molecular weight is 217 g/mol. The van der Waals surface area contributed by atoms with Crippen LogP contribution in [0.3, 0.4) is 0 Å². The van der Waals surface area contributed by atoms with Gasteiger partial charge in [-0.2, -0.15) is 5.01 Å². The number of nitrogens with two attached hydrogens (primary N) is 1. The van der Waals surface area contributed by atoms with Crippen molar-refractivity contribution in [2.45, 2.75) is 25.0 Å². The van der Waals surface area contributed by atoms with E-state index >= 15 is 0 Å². The van der Waals surface area contributed by atoms with E-state index in [1.54, 1.807) is 0 Å². The molecule has 0 bridgehead atoms. The molecule has 0 radical (unpaired) electrons. The molecule has 2 atom stereocenters. The van der Waals surface area contributed by atoms with Gasteiger partial charge in [-0.1, -0.05) is 23.4 Å². The number of aryl methyl sites for hydroxylation is 1. The lowest BCUT2D eigenvalue weighted by molar-refractivity contribution is 0.222. The van der Waals surface area contributed by atoms with Gasteiger partial charge in [0.25, 0.3) is 0 Å². The van der Waals surface area contributed by atoms with E-state index in [2.05, 4.69) is 34.1 Å². The Bertz CT molecular complexity index is 442. The molecule has 0 saturated carbocycles. The highest BCUT2D eigenvalue weighted by Crippen LogP contribution is 2.33. The van der Waals surface area contributed by atoms with Crippen LogP contribution in [0.25, 0.3) is 0 Å². The van der Waals surface area contributed by atoms with E-state index in [0.717, 1.165) is 12.8 Å². The molecule has 0 fully saturated rings. The number of hydrogen-bond acceptors (Lipinski definition) is 5. The summed E-state index contributed by atoms with van der Waals surface area (Å²) in [5.41, 5.74) is 12.6. The molecule has 0 amide bonds. The number of hydrazine groups is 1. The van der Waals surface area contributed by atoms with Gasteiger partial charge >= 0.3 is 0 Å². The fourth-order valence-corrected chi connectivity index (χ4v) is 2.40. The standard InChI is InChI=1S/C11H15N5/c1-16-11(13-14-15-16)8-2-4-9-7(6-8)3-5-10(9)12/h2,4,6,10-11H,3,5,12H2,1H3,(H,13,15)/t10-,11?/m1/s1. The Labute approximate surface area is 94.3 Å². The van der Waals surface area contributed by atoms with Crippen molar-refractivity contribution in [3.63, 3.8) is 0 Å². The second kappa shape index (κ2) is 3.54. The Balaban J connectivity index is 1.95. The molecule has 0 aromatic heterocycles. The number of nitrogens with zero attached hydrogens (tertiary/aromatic N) is 3. The van der Waals surface area contributed by atoms with Crippen molar-refractivity contribution in [2.24, 2.45) is 16.1 Å². The van der Waals surface area contributed by atoms with Gasteiger partial charge in [-0.05, 0) is 29.5 Å². The van der Waals surface area contributed by atoms with Crippen molar-refractivity contribution in [3.05, 3.63) is 34.9 Å². The Morgan fingerprint density at radius 2 is 2.38 bits per heavy atom. The van der Waals surface area contributed by atoms with Crippen LogP contribution in [0.15, 0.2) is 28.5 Å². The molecular weight excluding hydrogens is 202 g/mol. The molecular formula is C11H15N5. The number of benzene rings is 1. The molecule has 0 saturated heterocycles. The largest absolute Gasteiger partial charge is 0.324 e. The summed E-state index contributed by atoms with van der Waals surface area (Å²) in [6.07, 6.45) is 2.12. The number of fused-ring (bicyclic) bond motifs is 1. The van der Waals surface area contributed by atoms with Gasteiger partial charge in [0.05, 0.1) is 0 Å². The number of rotatable bonds is 1. The third-order valence-corrected chi connectivity index (χ3v) is 3.33. The van der Waals surface area contributed by atoms with Gasteiger partial charge in [0.15, 0.2) is 6.17 Å². The van der Waals surface area contributed by atoms with Crippen molar-refractivity contribution in [2.75, 3.05) is 7.05 Å². The highest BCUT2D eigenvalue weighted by Gasteiger charge is 2.24. The summed E-state index contributed by atoms with van der Waals surface area (Å²) >= 11 is 0. The summed E-state index contributed by atoms with van der Waals surface area (Å²) in [4.78, 5) is 0. The summed E-state index contributed by atoms with van der Waals surface area (Å²) in [6, 6.07) is 6.64. The molecule has 5 nitrogen and oxygen atoms in total. The van der Waals surface area contributed by atoms with Gasteiger partial charge in [-0.25, -0.2) is 5.53 Å². The van der Waals surface area contributed by atoms with Gasteiger partial charge in [0, 0.05) is 13.1 Å². The Morgan fingerprint density at radius 3 is 3.12 bits per heavy atom. The van der Waals surface area contributed by atoms with Gasteiger partial charge in [0.2, 0.25) is 0 Å². The quantitative estimate of drug-likeness (QED) is 0.748. The van der Waals surface area contributed by atoms with Crippen LogP contribution in [0, 0.1) is 0 Å². The SMILES string of the molecule is CN1NN=NC1c1ccc2c(c1)CC[C@H]2N. The average Bonchev–Trinajstić information content (AvgIpc) is 2.86. The topological polar surface area (TPSA) is 66.0 Å². The van der Waals surface area contributed by atoms with Crippen LogP contribution in [-0.4, -0.2) is 12.1 Å².